The number of anilines is 1. The maximum absolute atomic E-state index is 12.1. The van der Waals surface area contributed by atoms with E-state index in [1.165, 1.54) is 5.56 Å². The summed E-state index contributed by atoms with van der Waals surface area (Å²) in [4.78, 5) is 12.1. The lowest BCUT2D eigenvalue weighted by Crippen LogP contribution is -2.34. The highest BCUT2D eigenvalue weighted by Crippen LogP contribution is 2.22. The van der Waals surface area contributed by atoms with E-state index in [4.69, 9.17) is 23.8 Å². The van der Waals surface area contributed by atoms with E-state index >= 15 is 0 Å². The highest BCUT2D eigenvalue weighted by molar-refractivity contribution is 7.80. The van der Waals surface area contributed by atoms with Crippen LogP contribution in [0.2, 0.25) is 5.02 Å². The third-order valence-corrected chi connectivity index (χ3v) is 3.98. The predicted octanol–water partition coefficient (Wildman–Crippen LogP) is 4.34. The molecule has 0 fully saturated rings. The summed E-state index contributed by atoms with van der Waals surface area (Å²) < 4.78 is 0. The molecule has 22 heavy (non-hydrogen) atoms. The van der Waals surface area contributed by atoms with Gasteiger partial charge in [0.2, 0.25) is 0 Å². The van der Waals surface area contributed by atoms with Crippen molar-refractivity contribution >= 4 is 40.5 Å². The molecular weight excluding hydrogens is 316 g/mol. The zero-order chi connectivity index (χ0) is 16.1. The monoisotopic (exact) mass is 332 g/mol. The Labute approximate surface area is 140 Å². The average Bonchev–Trinajstić information content (AvgIpc) is 2.52. The summed E-state index contributed by atoms with van der Waals surface area (Å²) in [6, 6.07) is 12.9. The van der Waals surface area contributed by atoms with Gasteiger partial charge in [-0.25, -0.2) is 0 Å². The lowest BCUT2D eigenvalue weighted by atomic mass is 10.1. The molecule has 1 amide bonds. The first-order valence-electron chi connectivity index (χ1n) is 6.97. The molecule has 0 saturated heterocycles. The first-order chi connectivity index (χ1) is 10.5. The molecule has 114 valence electrons. The molecule has 0 aliphatic carbocycles. The zero-order valence-electron chi connectivity index (χ0n) is 12.4. The molecule has 0 radical (unpaired) electrons. The number of nitrogens with one attached hydrogen (secondary N) is 2. The summed E-state index contributed by atoms with van der Waals surface area (Å²) in [7, 11) is 0. The second-order valence-electron chi connectivity index (χ2n) is 4.87. The van der Waals surface area contributed by atoms with Gasteiger partial charge < -0.3 is 5.32 Å². The van der Waals surface area contributed by atoms with Crippen molar-refractivity contribution in [3.05, 3.63) is 64.2 Å². The van der Waals surface area contributed by atoms with E-state index in [1.807, 2.05) is 31.2 Å². The topological polar surface area (TPSA) is 41.1 Å². The van der Waals surface area contributed by atoms with Crippen LogP contribution in [0, 0.1) is 6.92 Å². The Kier molecular flexibility index (Phi) is 5.52. The third-order valence-electron chi connectivity index (χ3n) is 3.37. The minimum atomic E-state index is -0.236. The number of amides is 1. The molecule has 0 unspecified atom stereocenters. The molecular formula is C17H17ClN2OS. The summed E-state index contributed by atoms with van der Waals surface area (Å²) >= 11 is 11.2. The van der Waals surface area contributed by atoms with Gasteiger partial charge in [0.25, 0.3) is 5.91 Å². The first kappa shape index (κ1) is 16.5. The fourth-order valence-corrected chi connectivity index (χ4v) is 2.34. The fraction of sp³-hybridized carbons (Fsp3) is 0.176. The number of rotatable bonds is 3. The van der Waals surface area contributed by atoms with E-state index in [-0.39, 0.29) is 11.0 Å². The van der Waals surface area contributed by atoms with Gasteiger partial charge in [-0.05, 0) is 61.0 Å². The lowest BCUT2D eigenvalue weighted by molar-refractivity contribution is 0.0977. The van der Waals surface area contributed by atoms with E-state index in [0.717, 1.165) is 17.7 Å². The second kappa shape index (κ2) is 7.38. The Morgan fingerprint density at radius 3 is 2.50 bits per heavy atom. The number of halogens is 1. The van der Waals surface area contributed by atoms with E-state index in [0.29, 0.717) is 10.6 Å². The minimum absolute atomic E-state index is 0.236. The van der Waals surface area contributed by atoms with Crippen molar-refractivity contribution < 1.29 is 4.79 Å². The lowest BCUT2D eigenvalue weighted by Gasteiger charge is -2.12. The number of aryl methyl sites for hydroxylation is 1. The number of hydrogen-bond donors (Lipinski definition) is 2. The Bertz CT molecular complexity index is 698. The molecule has 2 aromatic rings. The highest BCUT2D eigenvalue weighted by Gasteiger charge is 2.09. The van der Waals surface area contributed by atoms with Crippen molar-refractivity contribution in [1.82, 2.24) is 5.32 Å². The van der Waals surface area contributed by atoms with Crippen LogP contribution in [0.1, 0.15) is 28.4 Å². The molecule has 2 rings (SSSR count). The molecule has 0 heterocycles. The van der Waals surface area contributed by atoms with Crippen LogP contribution in [0.5, 0.6) is 0 Å². The number of benzene rings is 2. The van der Waals surface area contributed by atoms with Crippen LogP contribution in [0.3, 0.4) is 0 Å². The quantitative estimate of drug-likeness (QED) is 0.822. The van der Waals surface area contributed by atoms with Crippen LogP contribution >= 0.6 is 23.8 Å². The third kappa shape index (κ3) is 4.06. The predicted molar refractivity (Wildman–Crippen MR) is 95.7 cm³/mol. The maximum atomic E-state index is 12.1. The molecule has 0 aromatic heterocycles. The molecule has 0 aliphatic heterocycles. The maximum Gasteiger partial charge on any atom is 0.257 e. The fourth-order valence-electron chi connectivity index (χ4n) is 1.96. The van der Waals surface area contributed by atoms with Crippen molar-refractivity contribution in [1.29, 1.82) is 0 Å². The normalized spacial score (nSPS) is 10.1. The summed E-state index contributed by atoms with van der Waals surface area (Å²) in [6.07, 6.45) is 0.940. The van der Waals surface area contributed by atoms with Crippen molar-refractivity contribution in [3.63, 3.8) is 0 Å². The van der Waals surface area contributed by atoms with Gasteiger partial charge in [0.15, 0.2) is 5.11 Å². The smallest absolute Gasteiger partial charge is 0.257 e. The van der Waals surface area contributed by atoms with E-state index in [2.05, 4.69) is 17.6 Å². The molecule has 3 nitrogen and oxygen atoms in total. The molecule has 2 N–H and O–H groups in total. The Hall–Kier alpha value is -1.91. The molecule has 0 aliphatic rings. The number of hydrogen-bond acceptors (Lipinski definition) is 2. The molecule has 2 aromatic carbocycles. The van der Waals surface area contributed by atoms with E-state index in [9.17, 15) is 4.79 Å². The average molecular weight is 333 g/mol. The van der Waals surface area contributed by atoms with Gasteiger partial charge >= 0.3 is 0 Å². The Balaban J connectivity index is 2.01. The van der Waals surface area contributed by atoms with Gasteiger partial charge in [0.05, 0.1) is 0 Å². The van der Waals surface area contributed by atoms with E-state index in [1.54, 1.807) is 18.2 Å². The van der Waals surface area contributed by atoms with Crippen molar-refractivity contribution in [2.45, 2.75) is 20.3 Å². The van der Waals surface area contributed by atoms with Crippen LogP contribution in [-0.4, -0.2) is 11.0 Å². The molecule has 0 atom stereocenters. The summed E-state index contributed by atoms with van der Waals surface area (Å²) in [5.41, 5.74) is 3.42. The molecule has 0 spiro atoms. The summed E-state index contributed by atoms with van der Waals surface area (Å²) in [6.45, 7) is 3.96. The summed E-state index contributed by atoms with van der Waals surface area (Å²) in [5, 5.41) is 6.55. The SMILES string of the molecule is CCc1ccc(C(=O)NC(=S)Nc2cccc(Cl)c2C)cc1. The van der Waals surface area contributed by atoms with Crippen molar-refractivity contribution in [3.8, 4) is 0 Å². The van der Waals surface area contributed by atoms with Crippen LogP contribution in [0.4, 0.5) is 5.69 Å². The van der Waals surface area contributed by atoms with Gasteiger partial charge in [-0.1, -0.05) is 36.7 Å². The molecule has 0 saturated carbocycles. The van der Waals surface area contributed by atoms with Crippen LogP contribution in [0.15, 0.2) is 42.5 Å². The number of carbonyl (C=O) groups is 1. The minimum Gasteiger partial charge on any atom is -0.332 e. The van der Waals surface area contributed by atoms with Gasteiger partial charge in [-0.2, -0.15) is 0 Å². The van der Waals surface area contributed by atoms with Gasteiger partial charge in [-0.15, -0.1) is 0 Å². The van der Waals surface area contributed by atoms with Crippen LogP contribution in [-0.2, 0) is 6.42 Å². The molecule has 5 heteroatoms. The van der Waals surface area contributed by atoms with Crippen LogP contribution < -0.4 is 10.6 Å². The Morgan fingerprint density at radius 2 is 1.86 bits per heavy atom. The van der Waals surface area contributed by atoms with Crippen molar-refractivity contribution in [2.75, 3.05) is 5.32 Å². The second-order valence-corrected chi connectivity index (χ2v) is 5.69. The van der Waals surface area contributed by atoms with Gasteiger partial charge in [0.1, 0.15) is 0 Å². The van der Waals surface area contributed by atoms with Gasteiger partial charge in [0, 0.05) is 16.3 Å². The van der Waals surface area contributed by atoms with Crippen molar-refractivity contribution in [2.24, 2.45) is 0 Å². The Morgan fingerprint density at radius 1 is 1.18 bits per heavy atom. The van der Waals surface area contributed by atoms with Gasteiger partial charge in [-0.3, -0.25) is 10.1 Å². The van der Waals surface area contributed by atoms with E-state index < -0.39 is 0 Å². The number of carbonyl (C=O) groups excluding carboxylic acids is 1. The summed E-state index contributed by atoms with van der Waals surface area (Å²) in [5.74, 6) is -0.236. The standard InChI is InChI=1S/C17H17ClN2OS/c1-3-12-7-9-13(10-8-12)16(21)20-17(22)19-15-6-4-5-14(18)11(15)2/h4-10H,3H2,1-2H3,(H2,19,20,21,22). The molecule has 0 bridgehead atoms. The largest absolute Gasteiger partial charge is 0.332 e. The highest BCUT2D eigenvalue weighted by atomic mass is 35.5. The zero-order valence-corrected chi connectivity index (χ0v) is 14.0. The number of thiocarbonyl (C=S) groups is 1. The van der Waals surface area contributed by atoms with Crippen LogP contribution in [0.25, 0.3) is 0 Å². The first-order valence-corrected chi connectivity index (χ1v) is 7.76.